The van der Waals surface area contributed by atoms with Crippen LogP contribution in [-0.2, 0) is 6.42 Å². The van der Waals surface area contributed by atoms with E-state index in [9.17, 15) is 0 Å². The molecule has 1 aromatic rings. The molecule has 0 bridgehead atoms. The second-order valence-electron chi connectivity index (χ2n) is 4.62. The van der Waals surface area contributed by atoms with Crippen molar-refractivity contribution in [3.63, 3.8) is 0 Å². The molecule has 1 aliphatic carbocycles. The van der Waals surface area contributed by atoms with E-state index in [0.29, 0.717) is 12.6 Å². The maximum Gasteiger partial charge on any atom is 0.119 e. The molecule has 1 N–H and O–H groups in total. The highest BCUT2D eigenvalue weighted by Crippen LogP contribution is 2.32. The average molecular weight is 243 g/mol. The van der Waals surface area contributed by atoms with Gasteiger partial charge in [0.2, 0.25) is 0 Å². The van der Waals surface area contributed by atoms with Crippen LogP contribution in [0, 0.1) is 11.8 Å². The Bertz CT molecular complexity index is 456. The van der Waals surface area contributed by atoms with Crippen LogP contribution in [0.1, 0.15) is 43.4 Å². The summed E-state index contributed by atoms with van der Waals surface area (Å²) >= 11 is 0. The van der Waals surface area contributed by atoms with Crippen LogP contribution in [0.3, 0.4) is 0 Å². The monoisotopic (exact) mass is 243 g/mol. The van der Waals surface area contributed by atoms with Crippen molar-refractivity contribution in [3.05, 3.63) is 29.3 Å². The Morgan fingerprint density at radius 2 is 2.33 bits per heavy atom. The number of fused-ring (bicyclic) bond motifs is 1. The van der Waals surface area contributed by atoms with Crippen molar-refractivity contribution in [2.45, 2.75) is 38.6 Å². The second kappa shape index (κ2) is 6.47. The summed E-state index contributed by atoms with van der Waals surface area (Å²) in [6.07, 6.45) is 4.47. The third kappa shape index (κ3) is 3.05. The van der Waals surface area contributed by atoms with E-state index in [4.69, 9.17) is 4.74 Å². The number of hydrogen-bond donors (Lipinski definition) is 1. The Morgan fingerprint density at radius 3 is 3.11 bits per heavy atom. The minimum atomic E-state index is 0.479. The molecule has 2 heteroatoms. The fraction of sp³-hybridized carbons (Fsp3) is 0.500. The molecule has 1 aliphatic rings. The van der Waals surface area contributed by atoms with Crippen molar-refractivity contribution < 1.29 is 4.74 Å². The first-order valence-electron chi connectivity index (χ1n) is 6.67. The van der Waals surface area contributed by atoms with Crippen molar-refractivity contribution in [2.24, 2.45) is 0 Å². The average Bonchev–Trinajstić information content (AvgIpc) is 2.43. The third-order valence-corrected chi connectivity index (χ3v) is 3.45. The SMILES string of the molecule is CC#CCCOc1ccc2c(c1)C(NC)CCC2. The highest BCUT2D eigenvalue weighted by molar-refractivity contribution is 5.39. The van der Waals surface area contributed by atoms with E-state index in [1.54, 1.807) is 0 Å². The molecular formula is C16H21NO. The van der Waals surface area contributed by atoms with Crippen LogP contribution >= 0.6 is 0 Å². The fourth-order valence-corrected chi connectivity index (χ4v) is 2.51. The lowest BCUT2D eigenvalue weighted by Gasteiger charge is -2.25. The number of ether oxygens (including phenoxy) is 1. The zero-order valence-electron chi connectivity index (χ0n) is 11.3. The molecule has 0 spiro atoms. The zero-order valence-corrected chi connectivity index (χ0v) is 11.3. The van der Waals surface area contributed by atoms with E-state index in [1.165, 1.54) is 30.4 Å². The molecule has 1 aromatic carbocycles. The molecule has 0 saturated heterocycles. The lowest BCUT2D eigenvalue weighted by molar-refractivity contribution is 0.325. The summed E-state index contributed by atoms with van der Waals surface area (Å²) in [5, 5.41) is 3.39. The highest BCUT2D eigenvalue weighted by Gasteiger charge is 2.18. The van der Waals surface area contributed by atoms with Crippen molar-refractivity contribution in [1.82, 2.24) is 5.32 Å². The Hall–Kier alpha value is -1.46. The second-order valence-corrected chi connectivity index (χ2v) is 4.62. The van der Waals surface area contributed by atoms with Gasteiger partial charge >= 0.3 is 0 Å². The predicted octanol–water partition coefficient (Wildman–Crippen LogP) is 3.08. The van der Waals surface area contributed by atoms with Crippen LogP contribution in [0.2, 0.25) is 0 Å². The minimum Gasteiger partial charge on any atom is -0.493 e. The van der Waals surface area contributed by atoms with Crippen LogP contribution in [0.25, 0.3) is 0 Å². The van der Waals surface area contributed by atoms with Gasteiger partial charge in [-0.3, -0.25) is 0 Å². The van der Waals surface area contributed by atoms with Crippen LogP contribution in [0.5, 0.6) is 5.75 Å². The first-order valence-corrected chi connectivity index (χ1v) is 6.67. The summed E-state index contributed by atoms with van der Waals surface area (Å²) < 4.78 is 5.74. The van der Waals surface area contributed by atoms with Gasteiger partial charge in [-0.1, -0.05) is 6.07 Å². The summed E-state index contributed by atoms with van der Waals surface area (Å²) in [4.78, 5) is 0. The topological polar surface area (TPSA) is 21.3 Å². The van der Waals surface area contributed by atoms with Gasteiger partial charge in [0.25, 0.3) is 0 Å². The zero-order chi connectivity index (χ0) is 12.8. The van der Waals surface area contributed by atoms with Crippen molar-refractivity contribution >= 4 is 0 Å². The van der Waals surface area contributed by atoms with Crippen LogP contribution in [0.15, 0.2) is 18.2 Å². The Labute approximate surface area is 110 Å². The van der Waals surface area contributed by atoms with E-state index < -0.39 is 0 Å². The number of rotatable bonds is 4. The Balaban J connectivity index is 2.06. The third-order valence-electron chi connectivity index (χ3n) is 3.45. The van der Waals surface area contributed by atoms with Gasteiger partial charge in [0.1, 0.15) is 5.75 Å². The molecule has 1 atom stereocenters. The van der Waals surface area contributed by atoms with E-state index in [-0.39, 0.29) is 0 Å². The predicted molar refractivity (Wildman–Crippen MR) is 74.7 cm³/mol. The van der Waals surface area contributed by atoms with Gasteiger partial charge < -0.3 is 10.1 Å². The van der Waals surface area contributed by atoms with Crippen LogP contribution in [-0.4, -0.2) is 13.7 Å². The van der Waals surface area contributed by atoms with Gasteiger partial charge in [-0.25, -0.2) is 0 Å². The summed E-state index contributed by atoms with van der Waals surface area (Å²) in [5.41, 5.74) is 2.86. The molecule has 2 rings (SSSR count). The van der Waals surface area contributed by atoms with E-state index in [0.717, 1.165) is 12.2 Å². The number of nitrogens with one attached hydrogen (secondary N) is 1. The standard InChI is InChI=1S/C16H21NO/c1-3-4-5-11-18-14-10-9-13-7-6-8-16(17-2)15(13)12-14/h9-10,12,16-17H,5-8,11H2,1-2H3. The molecule has 0 aromatic heterocycles. The summed E-state index contributed by atoms with van der Waals surface area (Å²) in [5.74, 6) is 6.86. The van der Waals surface area contributed by atoms with Gasteiger partial charge in [-0.05, 0) is 56.5 Å². The Morgan fingerprint density at radius 1 is 1.44 bits per heavy atom. The smallest absolute Gasteiger partial charge is 0.119 e. The molecule has 0 radical (unpaired) electrons. The lowest BCUT2D eigenvalue weighted by Crippen LogP contribution is -2.21. The molecule has 18 heavy (non-hydrogen) atoms. The fourth-order valence-electron chi connectivity index (χ4n) is 2.51. The minimum absolute atomic E-state index is 0.479. The maximum atomic E-state index is 5.74. The van der Waals surface area contributed by atoms with Gasteiger partial charge in [-0.2, -0.15) is 0 Å². The normalized spacial score (nSPS) is 17.6. The largest absolute Gasteiger partial charge is 0.493 e. The molecule has 1 unspecified atom stereocenters. The Kier molecular flexibility index (Phi) is 4.66. The summed E-state index contributed by atoms with van der Waals surface area (Å²) in [6, 6.07) is 6.96. The van der Waals surface area contributed by atoms with Gasteiger partial charge in [0.15, 0.2) is 0 Å². The molecule has 0 amide bonds. The van der Waals surface area contributed by atoms with E-state index in [2.05, 4.69) is 35.4 Å². The lowest BCUT2D eigenvalue weighted by atomic mass is 9.87. The van der Waals surface area contributed by atoms with Crippen LogP contribution < -0.4 is 10.1 Å². The van der Waals surface area contributed by atoms with Crippen molar-refractivity contribution in [1.29, 1.82) is 0 Å². The summed E-state index contributed by atoms with van der Waals surface area (Å²) in [7, 11) is 2.03. The summed E-state index contributed by atoms with van der Waals surface area (Å²) in [6.45, 7) is 2.53. The molecule has 0 saturated carbocycles. The van der Waals surface area contributed by atoms with E-state index in [1.807, 2.05) is 14.0 Å². The number of benzene rings is 1. The molecular weight excluding hydrogens is 222 g/mol. The maximum absolute atomic E-state index is 5.74. The molecule has 0 aliphatic heterocycles. The van der Waals surface area contributed by atoms with Crippen LogP contribution in [0.4, 0.5) is 0 Å². The van der Waals surface area contributed by atoms with Gasteiger partial charge in [0, 0.05) is 12.5 Å². The van der Waals surface area contributed by atoms with Gasteiger partial charge in [-0.15, -0.1) is 11.8 Å². The quantitative estimate of drug-likeness (QED) is 0.648. The first-order chi connectivity index (χ1) is 8.85. The first kappa shape index (κ1) is 13.0. The molecule has 0 fully saturated rings. The number of hydrogen-bond acceptors (Lipinski definition) is 2. The van der Waals surface area contributed by atoms with Crippen molar-refractivity contribution in [2.75, 3.05) is 13.7 Å². The molecule has 2 nitrogen and oxygen atoms in total. The van der Waals surface area contributed by atoms with E-state index >= 15 is 0 Å². The molecule has 0 heterocycles. The molecule has 96 valence electrons. The van der Waals surface area contributed by atoms with Gasteiger partial charge in [0.05, 0.1) is 6.61 Å². The van der Waals surface area contributed by atoms with Crippen molar-refractivity contribution in [3.8, 4) is 17.6 Å². The highest BCUT2D eigenvalue weighted by atomic mass is 16.5. The number of aryl methyl sites for hydroxylation is 1.